The molecule has 5 rings (SSSR count). The highest BCUT2D eigenvalue weighted by Crippen LogP contribution is 2.55. The number of carbonyl (C=O) groups is 1. The minimum Gasteiger partial charge on any atom is -0.347 e. The maximum Gasteiger partial charge on any atom is 0.270 e. The van der Waals surface area contributed by atoms with E-state index in [0.29, 0.717) is 11.8 Å². The van der Waals surface area contributed by atoms with Gasteiger partial charge in [-0.3, -0.25) is 9.89 Å². The van der Waals surface area contributed by atoms with Crippen LogP contribution in [0.3, 0.4) is 0 Å². The zero-order chi connectivity index (χ0) is 16.3. The lowest BCUT2D eigenvalue weighted by atomic mass is 9.62. The van der Waals surface area contributed by atoms with E-state index in [2.05, 4.69) is 10.2 Å². The molecule has 6 heteroatoms. The number of hydrogen-bond acceptors (Lipinski definition) is 3. The highest BCUT2D eigenvalue weighted by Gasteiger charge is 2.53. The number of aromatic nitrogens is 4. The summed E-state index contributed by atoms with van der Waals surface area (Å²) in [7, 11) is 1.93. The molecule has 1 amide bonds. The lowest BCUT2D eigenvalue weighted by molar-refractivity contribution is 0.0715. The van der Waals surface area contributed by atoms with Crippen molar-refractivity contribution in [3.05, 3.63) is 35.7 Å². The molecule has 1 aliphatic heterocycles. The molecule has 0 radical (unpaired) electrons. The van der Waals surface area contributed by atoms with E-state index in [1.807, 2.05) is 34.8 Å². The molecule has 0 aromatic carbocycles. The molecule has 24 heavy (non-hydrogen) atoms. The van der Waals surface area contributed by atoms with Gasteiger partial charge in [0.15, 0.2) is 5.82 Å². The summed E-state index contributed by atoms with van der Waals surface area (Å²) in [5, 5.41) is 7.63. The number of carbonyl (C=O) groups excluding carboxylic acids is 1. The van der Waals surface area contributed by atoms with Crippen LogP contribution in [0.25, 0.3) is 0 Å². The number of rotatable bonds is 3. The lowest BCUT2D eigenvalue weighted by Gasteiger charge is -2.41. The van der Waals surface area contributed by atoms with E-state index in [9.17, 15) is 4.79 Å². The van der Waals surface area contributed by atoms with E-state index in [-0.39, 0.29) is 11.3 Å². The first-order chi connectivity index (χ1) is 11.7. The molecule has 0 bridgehead atoms. The minimum atomic E-state index is 0.137. The van der Waals surface area contributed by atoms with Crippen molar-refractivity contribution in [2.24, 2.45) is 12.5 Å². The molecule has 1 unspecified atom stereocenters. The Bertz CT molecular complexity index is 783. The number of aromatic amines is 1. The first-order valence-corrected chi connectivity index (χ1v) is 8.99. The van der Waals surface area contributed by atoms with Gasteiger partial charge in [0.25, 0.3) is 5.91 Å². The summed E-state index contributed by atoms with van der Waals surface area (Å²) in [4.78, 5) is 19.7. The number of nitrogens with zero attached hydrogens (tertiary/aromatic N) is 4. The molecule has 3 aliphatic rings. The van der Waals surface area contributed by atoms with Crippen LogP contribution in [-0.4, -0.2) is 43.6 Å². The van der Waals surface area contributed by atoms with Gasteiger partial charge in [0.1, 0.15) is 11.5 Å². The summed E-state index contributed by atoms with van der Waals surface area (Å²) in [5.74, 6) is 2.98. The SMILES string of the molecule is Cn1cccc1C(=O)N1CC(c2nc(C3CC3)n[nH]2)C2(CCC2)C1. The molecule has 3 fully saturated rings. The third-order valence-electron chi connectivity index (χ3n) is 6.24. The number of nitrogens with one attached hydrogen (secondary N) is 1. The molecule has 1 saturated heterocycles. The van der Waals surface area contributed by atoms with Crippen LogP contribution >= 0.6 is 0 Å². The molecule has 2 aromatic heterocycles. The van der Waals surface area contributed by atoms with Crippen LogP contribution in [0.2, 0.25) is 0 Å². The molecule has 1 spiro atoms. The van der Waals surface area contributed by atoms with Crippen molar-refractivity contribution in [2.45, 2.75) is 43.9 Å². The van der Waals surface area contributed by atoms with Crippen molar-refractivity contribution in [3.8, 4) is 0 Å². The van der Waals surface area contributed by atoms with E-state index in [1.54, 1.807) is 0 Å². The number of hydrogen-bond donors (Lipinski definition) is 1. The molecule has 6 nitrogen and oxygen atoms in total. The largest absolute Gasteiger partial charge is 0.347 e. The Morgan fingerprint density at radius 3 is 2.83 bits per heavy atom. The smallest absolute Gasteiger partial charge is 0.270 e. The number of aryl methyl sites for hydroxylation is 1. The molecule has 2 saturated carbocycles. The molecular formula is C18H23N5O. The van der Waals surface area contributed by atoms with Crippen LogP contribution < -0.4 is 0 Å². The van der Waals surface area contributed by atoms with Crippen LogP contribution in [0.4, 0.5) is 0 Å². The fraction of sp³-hybridized carbons (Fsp3) is 0.611. The number of H-pyrrole nitrogens is 1. The Balaban J connectivity index is 1.42. The van der Waals surface area contributed by atoms with Gasteiger partial charge >= 0.3 is 0 Å². The maximum atomic E-state index is 12.9. The van der Waals surface area contributed by atoms with Gasteiger partial charge in [-0.1, -0.05) is 6.42 Å². The Morgan fingerprint density at radius 2 is 2.21 bits per heavy atom. The molecule has 2 aliphatic carbocycles. The molecule has 126 valence electrons. The van der Waals surface area contributed by atoms with Gasteiger partial charge in [-0.15, -0.1) is 0 Å². The van der Waals surface area contributed by atoms with Crippen LogP contribution in [0.5, 0.6) is 0 Å². The van der Waals surface area contributed by atoms with Gasteiger partial charge in [0, 0.05) is 38.2 Å². The van der Waals surface area contributed by atoms with Crippen LogP contribution in [-0.2, 0) is 7.05 Å². The second-order valence-corrected chi connectivity index (χ2v) is 7.81. The topological polar surface area (TPSA) is 66.8 Å². The van der Waals surface area contributed by atoms with Crippen molar-refractivity contribution < 1.29 is 4.79 Å². The Morgan fingerprint density at radius 1 is 1.38 bits per heavy atom. The molecule has 1 N–H and O–H groups in total. The van der Waals surface area contributed by atoms with Crippen molar-refractivity contribution in [1.82, 2.24) is 24.6 Å². The average molecular weight is 325 g/mol. The summed E-state index contributed by atoms with van der Waals surface area (Å²) in [6.45, 7) is 1.60. The van der Waals surface area contributed by atoms with Crippen LogP contribution in [0.1, 0.15) is 66.1 Å². The van der Waals surface area contributed by atoms with Gasteiger partial charge in [0.2, 0.25) is 0 Å². The Labute approximate surface area is 141 Å². The average Bonchev–Trinajstić information content (AvgIpc) is 2.99. The van der Waals surface area contributed by atoms with Gasteiger partial charge in [-0.05, 0) is 43.2 Å². The molecule has 3 heterocycles. The van der Waals surface area contributed by atoms with Gasteiger partial charge < -0.3 is 9.47 Å². The van der Waals surface area contributed by atoms with E-state index in [0.717, 1.165) is 30.4 Å². The molecule has 2 aromatic rings. The first kappa shape index (κ1) is 14.3. The second kappa shape index (κ2) is 4.94. The third-order valence-corrected chi connectivity index (χ3v) is 6.24. The van der Waals surface area contributed by atoms with Gasteiger partial charge in [-0.25, -0.2) is 4.98 Å². The number of amides is 1. The highest BCUT2D eigenvalue weighted by atomic mass is 16.2. The van der Waals surface area contributed by atoms with Crippen LogP contribution in [0, 0.1) is 5.41 Å². The maximum absolute atomic E-state index is 12.9. The Kier molecular flexibility index (Phi) is 2.94. The lowest BCUT2D eigenvalue weighted by Crippen LogP contribution is -2.38. The predicted octanol–water partition coefficient (Wildman–Crippen LogP) is 2.43. The fourth-order valence-electron chi connectivity index (χ4n) is 4.45. The van der Waals surface area contributed by atoms with Crippen molar-refractivity contribution in [3.63, 3.8) is 0 Å². The predicted molar refractivity (Wildman–Crippen MR) is 88.7 cm³/mol. The quantitative estimate of drug-likeness (QED) is 0.942. The highest BCUT2D eigenvalue weighted by molar-refractivity contribution is 5.93. The van der Waals surface area contributed by atoms with Crippen molar-refractivity contribution in [2.75, 3.05) is 13.1 Å². The second-order valence-electron chi connectivity index (χ2n) is 7.81. The summed E-state index contributed by atoms with van der Waals surface area (Å²) in [6, 6.07) is 3.83. The molecular weight excluding hydrogens is 302 g/mol. The summed E-state index contributed by atoms with van der Waals surface area (Å²) < 4.78 is 1.91. The minimum absolute atomic E-state index is 0.137. The first-order valence-electron chi connectivity index (χ1n) is 8.99. The van der Waals surface area contributed by atoms with E-state index >= 15 is 0 Å². The zero-order valence-corrected chi connectivity index (χ0v) is 14.0. The molecule has 1 atom stereocenters. The van der Waals surface area contributed by atoms with Gasteiger partial charge in [-0.2, -0.15) is 5.10 Å². The van der Waals surface area contributed by atoms with E-state index < -0.39 is 0 Å². The normalized spacial score (nSPS) is 25.2. The summed E-state index contributed by atoms with van der Waals surface area (Å²) in [5.41, 5.74) is 0.975. The monoisotopic (exact) mass is 325 g/mol. The summed E-state index contributed by atoms with van der Waals surface area (Å²) in [6.07, 6.45) is 7.99. The third kappa shape index (κ3) is 2.05. The van der Waals surface area contributed by atoms with E-state index in [4.69, 9.17) is 4.98 Å². The summed E-state index contributed by atoms with van der Waals surface area (Å²) >= 11 is 0. The zero-order valence-electron chi connectivity index (χ0n) is 14.0. The Hall–Kier alpha value is -2.11. The van der Waals surface area contributed by atoms with Gasteiger partial charge in [0.05, 0.1) is 0 Å². The number of likely N-dealkylation sites (tertiary alicyclic amines) is 1. The van der Waals surface area contributed by atoms with E-state index in [1.165, 1.54) is 32.1 Å². The standard InChI is InChI=1S/C18H23N5O/c1-22-9-2-4-14(22)17(24)23-10-13(18(11-23)7-3-8-18)16-19-15(20-21-16)12-5-6-12/h2,4,9,12-13H,3,5-8,10-11H2,1H3,(H,19,20,21). The van der Waals surface area contributed by atoms with Crippen molar-refractivity contribution >= 4 is 5.91 Å². The van der Waals surface area contributed by atoms with Crippen molar-refractivity contribution in [1.29, 1.82) is 0 Å². The van der Waals surface area contributed by atoms with Crippen LogP contribution in [0.15, 0.2) is 18.3 Å². The fourth-order valence-corrected chi connectivity index (χ4v) is 4.45.